The van der Waals surface area contributed by atoms with Gasteiger partial charge in [-0.1, -0.05) is 6.92 Å². The number of benzene rings is 2. The quantitative estimate of drug-likeness (QED) is 0.359. The lowest BCUT2D eigenvalue weighted by atomic mass is 9.96. The van der Waals surface area contributed by atoms with Crippen LogP contribution < -0.4 is 4.90 Å². The molecule has 0 saturated carbocycles. The van der Waals surface area contributed by atoms with Crippen LogP contribution in [0, 0.1) is 27.4 Å². The largest absolute Gasteiger partial charge is 0.457 e. The van der Waals surface area contributed by atoms with Crippen molar-refractivity contribution in [2.75, 3.05) is 18.0 Å². The van der Waals surface area contributed by atoms with Gasteiger partial charge < -0.3 is 9.64 Å². The van der Waals surface area contributed by atoms with E-state index in [0.717, 1.165) is 12.2 Å². The zero-order valence-electron chi connectivity index (χ0n) is 16.8. The summed E-state index contributed by atoms with van der Waals surface area (Å²) >= 11 is 0. The van der Waals surface area contributed by atoms with Crippen LogP contribution in [0.3, 0.4) is 0 Å². The molecule has 0 radical (unpaired) electrons. The normalized spacial score (nSPS) is 18.4. The number of ether oxygens (including phenoxy) is 1. The van der Waals surface area contributed by atoms with Crippen LogP contribution in [0.1, 0.15) is 29.3 Å². The molecule has 0 unspecified atom stereocenters. The van der Waals surface area contributed by atoms with Crippen LogP contribution in [0.4, 0.5) is 11.4 Å². The van der Waals surface area contributed by atoms with E-state index in [9.17, 15) is 20.2 Å². The Labute approximate surface area is 178 Å². The third-order valence-corrected chi connectivity index (χ3v) is 5.27. The van der Waals surface area contributed by atoms with E-state index >= 15 is 0 Å². The number of rotatable bonds is 4. The molecule has 0 bridgehead atoms. The van der Waals surface area contributed by atoms with Crippen molar-refractivity contribution in [2.24, 2.45) is 5.92 Å². The second kappa shape index (κ2) is 8.36. The molecule has 1 fully saturated rings. The number of esters is 1. The number of non-ortho nitro benzene ring substituents is 1. The summed E-state index contributed by atoms with van der Waals surface area (Å²) in [4.78, 5) is 33.7. The minimum atomic E-state index is -0.515. The summed E-state index contributed by atoms with van der Waals surface area (Å²) in [5.41, 5.74) is 2.66. The number of fused-ring (bicyclic) bond motifs is 1. The Morgan fingerprint density at radius 2 is 1.87 bits per heavy atom. The summed E-state index contributed by atoms with van der Waals surface area (Å²) in [7, 11) is 0. The Bertz CT molecular complexity index is 1190. The molecule has 0 N–H and O–H groups in total. The van der Waals surface area contributed by atoms with E-state index in [1.165, 1.54) is 24.3 Å². The summed E-state index contributed by atoms with van der Waals surface area (Å²) in [5, 5.41) is 20.1. The number of carbonyl (C=O) groups excluding carboxylic acids is 1. The highest BCUT2D eigenvalue weighted by molar-refractivity contribution is 5.92. The number of aromatic nitrogens is 2. The molecule has 1 saturated heterocycles. The Morgan fingerprint density at radius 1 is 1.16 bits per heavy atom. The lowest BCUT2D eigenvalue weighted by Gasteiger charge is -2.37. The molecule has 156 valence electrons. The fourth-order valence-electron chi connectivity index (χ4n) is 3.90. The van der Waals surface area contributed by atoms with Gasteiger partial charge in [0.1, 0.15) is 23.2 Å². The fourth-order valence-corrected chi connectivity index (χ4v) is 3.90. The Kier molecular flexibility index (Phi) is 5.45. The maximum absolute atomic E-state index is 12.6. The molecule has 9 nitrogen and oxygen atoms in total. The smallest absolute Gasteiger partial charge is 0.338 e. The monoisotopic (exact) mass is 417 g/mol. The van der Waals surface area contributed by atoms with Crippen molar-refractivity contribution < 1.29 is 14.5 Å². The first-order valence-corrected chi connectivity index (χ1v) is 9.80. The van der Waals surface area contributed by atoms with E-state index in [1.807, 2.05) is 6.07 Å². The number of hydrogen-bond donors (Lipinski definition) is 0. The van der Waals surface area contributed by atoms with Gasteiger partial charge in [-0.15, -0.1) is 0 Å². The number of carbonyl (C=O) groups is 1. The van der Waals surface area contributed by atoms with Gasteiger partial charge in [0.25, 0.3) is 5.69 Å². The van der Waals surface area contributed by atoms with Crippen molar-refractivity contribution >= 4 is 28.4 Å². The maximum Gasteiger partial charge on any atom is 0.338 e. The number of nitriles is 1. The van der Waals surface area contributed by atoms with Crippen LogP contribution in [0.25, 0.3) is 11.0 Å². The van der Waals surface area contributed by atoms with Crippen LogP contribution in [0.15, 0.2) is 48.8 Å². The lowest BCUT2D eigenvalue weighted by Crippen LogP contribution is -2.44. The molecular formula is C22H19N5O4. The van der Waals surface area contributed by atoms with E-state index in [-0.39, 0.29) is 23.3 Å². The number of nitro groups is 1. The van der Waals surface area contributed by atoms with Gasteiger partial charge >= 0.3 is 5.97 Å². The molecule has 9 heteroatoms. The van der Waals surface area contributed by atoms with Crippen molar-refractivity contribution in [2.45, 2.75) is 19.4 Å². The average molecular weight is 417 g/mol. The van der Waals surface area contributed by atoms with Crippen LogP contribution >= 0.6 is 0 Å². The minimum Gasteiger partial charge on any atom is -0.457 e. The van der Waals surface area contributed by atoms with E-state index < -0.39 is 10.9 Å². The van der Waals surface area contributed by atoms with E-state index in [2.05, 4.69) is 27.9 Å². The fraction of sp³-hybridized carbons (Fsp3) is 0.273. The predicted octanol–water partition coefficient (Wildman–Crippen LogP) is 3.48. The van der Waals surface area contributed by atoms with Gasteiger partial charge in [-0.05, 0) is 36.6 Å². The molecule has 2 atom stereocenters. The van der Waals surface area contributed by atoms with Crippen molar-refractivity contribution in [3.8, 4) is 6.07 Å². The molecular weight excluding hydrogens is 398 g/mol. The molecule has 0 aliphatic carbocycles. The molecule has 1 aliphatic rings. The molecule has 31 heavy (non-hydrogen) atoms. The zero-order valence-corrected chi connectivity index (χ0v) is 16.8. The van der Waals surface area contributed by atoms with Gasteiger partial charge in [0.05, 0.1) is 28.3 Å². The van der Waals surface area contributed by atoms with Gasteiger partial charge in [-0.25, -0.2) is 4.79 Å². The van der Waals surface area contributed by atoms with Gasteiger partial charge in [0.15, 0.2) is 0 Å². The number of anilines is 1. The van der Waals surface area contributed by atoms with Crippen molar-refractivity contribution in [3.63, 3.8) is 0 Å². The summed E-state index contributed by atoms with van der Waals surface area (Å²) in [6.07, 6.45) is 3.50. The van der Waals surface area contributed by atoms with Crippen LogP contribution in [-0.4, -0.2) is 40.1 Å². The highest BCUT2D eigenvalue weighted by Gasteiger charge is 2.29. The second-order valence-electron chi connectivity index (χ2n) is 7.57. The van der Waals surface area contributed by atoms with Crippen LogP contribution in [0.5, 0.6) is 0 Å². The van der Waals surface area contributed by atoms with Gasteiger partial charge in [-0.2, -0.15) is 5.26 Å². The maximum atomic E-state index is 12.6. The number of hydrogen-bond acceptors (Lipinski definition) is 8. The standard InChI is InChI=1S/C22H19N5O4/c1-14-10-18(31-22(28)15-2-5-17(6-3-15)27(29)30)13-26(12-14)19-7-4-16(11-23)20-21(19)25-9-8-24-20/h2-9,14,18H,10,12-13H2,1H3/t14-,18-/m0/s1. The molecule has 0 spiro atoms. The first kappa shape index (κ1) is 20.2. The highest BCUT2D eigenvalue weighted by atomic mass is 16.6. The molecule has 0 amide bonds. The Hall–Kier alpha value is -4.06. The first-order valence-electron chi connectivity index (χ1n) is 9.80. The third kappa shape index (κ3) is 4.14. The minimum absolute atomic E-state index is 0.0807. The SMILES string of the molecule is C[C@H]1C[C@H](OC(=O)c2ccc([N+](=O)[O-])cc2)CN(c2ccc(C#N)c3nccnc23)C1. The zero-order chi connectivity index (χ0) is 22.0. The summed E-state index contributed by atoms with van der Waals surface area (Å²) in [6.45, 7) is 3.31. The molecule has 2 aromatic carbocycles. The van der Waals surface area contributed by atoms with Crippen molar-refractivity contribution in [1.82, 2.24) is 9.97 Å². The first-order chi connectivity index (χ1) is 15.0. The average Bonchev–Trinajstić information content (AvgIpc) is 2.78. The number of nitrogens with zero attached hydrogens (tertiary/aromatic N) is 5. The van der Waals surface area contributed by atoms with Crippen molar-refractivity contribution in [1.29, 1.82) is 5.26 Å². The predicted molar refractivity (Wildman–Crippen MR) is 113 cm³/mol. The number of nitro benzene ring substituents is 1. The van der Waals surface area contributed by atoms with Gasteiger partial charge in [-0.3, -0.25) is 20.1 Å². The Balaban J connectivity index is 1.55. The van der Waals surface area contributed by atoms with Crippen LogP contribution in [-0.2, 0) is 4.74 Å². The lowest BCUT2D eigenvalue weighted by molar-refractivity contribution is -0.384. The molecule has 4 rings (SSSR count). The van der Waals surface area contributed by atoms with E-state index in [0.29, 0.717) is 29.6 Å². The molecule has 2 heterocycles. The molecule has 1 aliphatic heterocycles. The highest BCUT2D eigenvalue weighted by Crippen LogP contribution is 2.31. The van der Waals surface area contributed by atoms with Crippen LogP contribution in [0.2, 0.25) is 0 Å². The second-order valence-corrected chi connectivity index (χ2v) is 7.57. The number of piperidine rings is 1. The van der Waals surface area contributed by atoms with E-state index in [1.54, 1.807) is 18.5 Å². The van der Waals surface area contributed by atoms with Gasteiger partial charge in [0.2, 0.25) is 0 Å². The summed E-state index contributed by atoms with van der Waals surface area (Å²) in [6, 6.07) is 11.1. The van der Waals surface area contributed by atoms with Crippen molar-refractivity contribution in [3.05, 3.63) is 70.0 Å². The summed E-state index contributed by atoms with van der Waals surface area (Å²) < 4.78 is 5.72. The van der Waals surface area contributed by atoms with Gasteiger partial charge in [0, 0.05) is 31.1 Å². The molecule has 1 aromatic heterocycles. The summed E-state index contributed by atoms with van der Waals surface area (Å²) in [5.74, 6) is -0.260. The molecule has 3 aromatic rings. The Morgan fingerprint density at radius 3 is 2.55 bits per heavy atom. The third-order valence-electron chi connectivity index (χ3n) is 5.27. The van der Waals surface area contributed by atoms with E-state index in [4.69, 9.17) is 4.74 Å². The topological polar surface area (TPSA) is 122 Å².